The van der Waals surface area contributed by atoms with E-state index in [0.29, 0.717) is 11.5 Å². The molecule has 5 heteroatoms. The molecule has 2 rings (SSSR count). The van der Waals surface area contributed by atoms with Crippen LogP contribution in [0.3, 0.4) is 0 Å². The van der Waals surface area contributed by atoms with Gasteiger partial charge in [-0.15, -0.1) is 0 Å². The van der Waals surface area contributed by atoms with E-state index in [-0.39, 0.29) is 0 Å². The van der Waals surface area contributed by atoms with Crippen molar-refractivity contribution in [1.82, 2.24) is 4.98 Å². The van der Waals surface area contributed by atoms with E-state index in [1.165, 1.54) is 0 Å². The zero-order valence-corrected chi connectivity index (χ0v) is 10.3. The summed E-state index contributed by atoms with van der Waals surface area (Å²) in [6.45, 7) is 0.698. The van der Waals surface area contributed by atoms with Crippen molar-refractivity contribution in [3.63, 3.8) is 0 Å². The van der Waals surface area contributed by atoms with Crippen LogP contribution in [0.4, 0.5) is 5.82 Å². The lowest BCUT2D eigenvalue weighted by Gasteiger charge is -2.19. The zero-order valence-electron chi connectivity index (χ0n) is 9.46. The maximum absolute atomic E-state index is 5.67. The van der Waals surface area contributed by atoms with Crippen LogP contribution >= 0.6 is 12.2 Å². The van der Waals surface area contributed by atoms with Crippen molar-refractivity contribution in [2.75, 3.05) is 11.9 Å². The molecule has 0 atom stereocenters. The lowest BCUT2D eigenvalue weighted by Crippen LogP contribution is -2.22. The van der Waals surface area contributed by atoms with Crippen LogP contribution in [0.2, 0.25) is 0 Å². The van der Waals surface area contributed by atoms with Crippen molar-refractivity contribution in [2.45, 2.75) is 6.54 Å². The Hall–Kier alpha value is -1.88. The van der Waals surface area contributed by atoms with Gasteiger partial charge >= 0.3 is 0 Å². The van der Waals surface area contributed by atoms with Crippen molar-refractivity contribution >= 4 is 23.0 Å². The normalized spacial score (nSPS) is 10.2. The van der Waals surface area contributed by atoms with Crippen LogP contribution in [0.15, 0.2) is 41.3 Å². The molecule has 0 fully saturated rings. The first-order valence-electron chi connectivity index (χ1n) is 5.15. The number of pyridine rings is 1. The summed E-state index contributed by atoms with van der Waals surface area (Å²) in [7, 11) is 1.94. The molecule has 0 aliphatic heterocycles. The molecule has 0 amide bonds. The molecular weight excluding hydrogens is 234 g/mol. The van der Waals surface area contributed by atoms with Gasteiger partial charge in [-0.3, -0.25) is 0 Å². The number of hydrogen-bond acceptors (Lipinski definition) is 4. The van der Waals surface area contributed by atoms with E-state index >= 15 is 0 Å². The van der Waals surface area contributed by atoms with Gasteiger partial charge in [0.25, 0.3) is 0 Å². The Kier molecular flexibility index (Phi) is 3.39. The van der Waals surface area contributed by atoms with Crippen LogP contribution in [0.1, 0.15) is 11.1 Å². The highest BCUT2D eigenvalue weighted by atomic mass is 32.1. The predicted octanol–water partition coefficient (Wildman–Crippen LogP) is 1.95. The number of aromatic nitrogens is 1. The van der Waals surface area contributed by atoms with Crippen molar-refractivity contribution < 1.29 is 4.42 Å². The van der Waals surface area contributed by atoms with Crippen LogP contribution in [0, 0.1) is 0 Å². The molecule has 0 spiro atoms. The van der Waals surface area contributed by atoms with Crippen LogP contribution < -0.4 is 10.6 Å². The molecule has 0 aliphatic carbocycles. The molecule has 2 aromatic heterocycles. The standard InChI is InChI=1S/C12H13N3OS/c1-15(7-9-4-6-16-8-9)12-10(11(13)17)3-2-5-14-12/h2-6,8H,7H2,1H3,(H2,13,17). The summed E-state index contributed by atoms with van der Waals surface area (Å²) < 4.78 is 5.03. The van der Waals surface area contributed by atoms with Gasteiger partial charge in [0.1, 0.15) is 10.8 Å². The van der Waals surface area contributed by atoms with Gasteiger partial charge in [-0.25, -0.2) is 4.98 Å². The van der Waals surface area contributed by atoms with E-state index in [9.17, 15) is 0 Å². The Bertz CT molecular complexity index is 510. The van der Waals surface area contributed by atoms with Crippen molar-refractivity contribution in [2.24, 2.45) is 5.73 Å². The fourth-order valence-corrected chi connectivity index (χ4v) is 1.78. The van der Waals surface area contributed by atoms with Crippen molar-refractivity contribution in [3.8, 4) is 0 Å². The number of rotatable bonds is 4. The molecule has 0 saturated carbocycles. The molecular formula is C12H13N3OS. The van der Waals surface area contributed by atoms with E-state index < -0.39 is 0 Å². The fraction of sp³-hybridized carbons (Fsp3) is 0.167. The SMILES string of the molecule is CN(Cc1ccoc1)c1ncccc1C(N)=S. The second kappa shape index (κ2) is 4.97. The Labute approximate surface area is 105 Å². The highest BCUT2D eigenvalue weighted by molar-refractivity contribution is 7.80. The maximum atomic E-state index is 5.67. The Morgan fingerprint density at radius 2 is 2.35 bits per heavy atom. The second-order valence-electron chi connectivity index (χ2n) is 3.73. The minimum atomic E-state index is 0.354. The van der Waals surface area contributed by atoms with E-state index in [1.807, 2.05) is 30.1 Å². The smallest absolute Gasteiger partial charge is 0.138 e. The lowest BCUT2D eigenvalue weighted by molar-refractivity contribution is 0.563. The third-order valence-corrected chi connectivity index (χ3v) is 2.63. The molecule has 17 heavy (non-hydrogen) atoms. The summed E-state index contributed by atoms with van der Waals surface area (Å²) in [4.78, 5) is 6.65. The molecule has 0 radical (unpaired) electrons. The summed E-state index contributed by atoms with van der Waals surface area (Å²) >= 11 is 5.01. The number of nitrogens with zero attached hydrogens (tertiary/aromatic N) is 2. The highest BCUT2D eigenvalue weighted by Gasteiger charge is 2.11. The summed E-state index contributed by atoms with van der Waals surface area (Å²) in [6.07, 6.45) is 5.08. The van der Waals surface area contributed by atoms with Crippen molar-refractivity contribution in [3.05, 3.63) is 48.0 Å². The Balaban J connectivity index is 2.24. The molecule has 2 heterocycles. The monoisotopic (exact) mass is 247 g/mol. The third kappa shape index (κ3) is 2.62. The van der Waals surface area contributed by atoms with Crippen LogP contribution in [-0.4, -0.2) is 17.0 Å². The van der Waals surface area contributed by atoms with E-state index in [2.05, 4.69) is 4.98 Å². The summed E-state index contributed by atoms with van der Waals surface area (Å²) in [5.74, 6) is 0.779. The topological polar surface area (TPSA) is 55.3 Å². The van der Waals surface area contributed by atoms with E-state index in [4.69, 9.17) is 22.4 Å². The van der Waals surface area contributed by atoms with Gasteiger partial charge in [-0.05, 0) is 18.2 Å². The first-order chi connectivity index (χ1) is 8.18. The maximum Gasteiger partial charge on any atom is 0.138 e. The van der Waals surface area contributed by atoms with Gasteiger partial charge in [0, 0.05) is 25.4 Å². The third-order valence-electron chi connectivity index (χ3n) is 2.41. The molecule has 2 aromatic rings. The average Bonchev–Trinajstić information content (AvgIpc) is 2.81. The summed E-state index contributed by atoms with van der Waals surface area (Å²) in [5, 5.41) is 0. The van der Waals surface area contributed by atoms with Gasteiger partial charge in [0.2, 0.25) is 0 Å². The van der Waals surface area contributed by atoms with Crippen LogP contribution in [-0.2, 0) is 6.54 Å². The first-order valence-corrected chi connectivity index (χ1v) is 5.56. The zero-order chi connectivity index (χ0) is 12.3. The number of anilines is 1. The Morgan fingerprint density at radius 1 is 1.53 bits per heavy atom. The average molecular weight is 247 g/mol. The van der Waals surface area contributed by atoms with Gasteiger partial charge in [-0.1, -0.05) is 12.2 Å². The lowest BCUT2D eigenvalue weighted by atomic mass is 10.2. The largest absolute Gasteiger partial charge is 0.472 e. The first kappa shape index (κ1) is 11.6. The van der Waals surface area contributed by atoms with Gasteiger partial charge in [0.15, 0.2) is 0 Å². The second-order valence-corrected chi connectivity index (χ2v) is 4.17. The number of hydrogen-bond donors (Lipinski definition) is 1. The molecule has 4 nitrogen and oxygen atoms in total. The van der Waals surface area contributed by atoms with Crippen LogP contribution in [0.5, 0.6) is 0 Å². The number of furan rings is 1. The molecule has 0 saturated heterocycles. The molecule has 0 aliphatic rings. The predicted molar refractivity (Wildman–Crippen MR) is 70.9 cm³/mol. The minimum absolute atomic E-state index is 0.354. The highest BCUT2D eigenvalue weighted by Crippen LogP contribution is 2.18. The van der Waals surface area contributed by atoms with E-state index in [0.717, 1.165) is 16.9 Å². The summed E-state index contributed by atoms with van der Waals surface area (Å²) in [5.41, 5.74) is 7.53. The molecule has 2 N–H and O–H groups in total. The fourth-order valence-electron chi connectivity index (χ4n) is 1.62. The van der Waals surface area contributed by atoms with Crippen LogP contribution in [0.25, 0.3) is 0 Å². The summed E-state index contributed by atoms with van der Waals surface area (Å²) in [6, 6.07) is 5.61. The molecule has 88 valence electrons. The quantitative estimate of drug-likeness (QED) is 0.837. The molecule has 0 unspecified atom stereocenters. The van der Waals surface area contributed by atoms with E-state index in [1.54, 1.807) is 18.7 Å². The van der Waals surface area contributed by atoms with Gasteiger partial charge in [-0.2, -0.15) is 0 Å². The number of nitrogens with two attached hydrogens (primary N) is 1. The minimum Gasteiger partial charge on any atom is -0.472 e. The Morgan fingerprint density at radius 3 is 3.00 bits per heavy atom. The molecule has 0 aromatic carbocycles. The van der Waals surface area contributed by atoms with Crippen molar-refractivity contribution in [1.29, 1.82) is 0 Å². The number of thiocarbonyl (C=S) groups is 1. The van der Waals surface area contributed by atoms with Gasteiger partial charge in [0.05, 0.1) is 18.1 Å². The van der Waals surface area contributed by atoms with Gasteiger partial charge < -0.3 is 15.1 Å². The molecule has 0 bridgehead atoms.